The van der Waals surface area contributed by atoms with Gasteiger partial charge in [0.25, 0.3) is 0 Å². The van der Waals surface area contributed by atoms with E-state index in [2.05, 4.69) is 0 Å². The largest absolute Gasteiger partial charge is 0.417 e. The first kappa shape index (κ1) is 24.2. The van der Waals surface area contributed by atoms with Gasteiger partial charge >= 0.3 is 6.18 Å². The maximum Gasteiger partial charge on any atom is 0.417 e. The van der Waals surface area contributed by atoms with Gasteiger partial charge in [-0.1, -0.05) is 30.3 Å². The molecule has 0 saturated heterocycles. The van der Waals surface area contributed by atoms with Crippen LogP contribution in [-0.2, 0) is 32.2 Å². The van der Waals surface area contributed by atoms with E-state index in [1.54, 1.807) is 12.1 Å². The first-order valence-electron chi connectivity index (χ1n) is 10.1. The lowest BCUT2D eigenvalue weighted by molar-refractivity contribution is -0.139. The van der Waals surface area contributed by atoms with Crippen LogP contribution >= 0.6 is 0 Å². The molecule has 1 amide bonds. The molecule has 0 saturated carbocycles. The van der Waals surface area contributed by atoms with Crippen LogP contribution in [0.2, 0.25) is 0 Å². The zero-order valence-electron chi connectivity index (χ0n) is 17.8. The summed E-state index contributed by atoms with van der Waals surface area (Å²) in [6.45, 7) is 1.32. The highest BCUT2D eigenvalue weighted by molar-refractivity contribution is 7.89. The number of amides is 1. The molecule has 0 unspecified atom stereocenters. The second-order valence-corrected chi connectivity index (χ2v) is 9.53. The normalized spacial score (nSPS) is 16.4. The van der Waals surface area contributed by atoms with Crippen molar-refractivity contribution in [2.75, 3.05) is 31.7 Å². The molecule has 3 rings (SSSR count). The minimum atomic E-state index is -4.85. The van der Waals surface area contributed by atoms with E-state index in [1.165, 1.54) is 18.1 Å². The average molecular weight is 471 g/mol. The topological polar surface area (TPSA) is 66.9 Å². The first-order valence-corrected chi connectivity index (χ1v) is 11.6. The Hall–Kier alpha value is -2.43. The van der Waals surface area contributed by atoms with Crippen molar-refractivity contribution in [2.24, 2.45) is 0 Å². The number of nitrogens with zero attached hydrogens (tertiary/aromatic N) is 2. The number of benzene rings is 2. The molecule has 10 heteroatoms. The number of alkyl halides is 3. The second kappa shape index (κ2) is 9.60. The monoisotopic (exact) mass is 470 g/mol. The molecule has 0 fully saturated rings. The molecular weight excluding hydrogens is 445 g/mol. The lowest BCUT2D eigenvalue weighted by Gasteiger charge is -2.28. The third-order valence-electron chi connectivity index (χ3n) is 5.35. The Balaban J connectivity index is 1.95. The number of carbonyl (C=O) groups excluding carboxylic acids is 1. The van der Waals surface area contributed by atoms with Gasteiger partial charge in [0, 0.05) is 32.0 Å². The molecule has 0 spiro atoms. The second-order valence-electron chi connectivity index (χ2n) is 7.62. The average Bonchev–Trinajstić information content (AvgIpc) is 3.08. The van der Waals surface area contributed by atoms with Gasteiger partial charge in [0.1, 0.15) is 0 Å². The van der Waals surface area contributed by atoms with Crippen molar-refractivity contribution in [2.45, 2.75) is 36.9 Å². The number of ether oxygens (including phenoxy) is 1. The quantitative estimate of drug-likeness (QED) is 0.552. The molecule has 1 atom stereocenters. The SMILES string of the molecule is COCCCN(CC(=O)N1c2ccccc2C[C@@H]1C)S(=O)(=O)c1ccccc1C(F)(F)F. The predicted molar refractivity (Wildman–Crippen MR) is 114 cm³/mol. The molecule has 1 aliphatic heterocycles. The van der Waals surface area contributed by atoms with Crippen molar-refractivity contribution in [3.05, 3.63) is 59.7 Å². The Kier molecular flexibility index (Phi) is 7.26. The fourth-order valence-electron chi connectivity index (χ4n) is 3.91. The zero-order valence-corrected chi connectivity index (χ0v) is 18.6. The zero-order chi connectivity index (χ0) is 23.5. The van der Waals surface area contributed by atoms with Crippen LogP contribution in [0.5, 0.6) is 0 Å². The van der Waals surface area contributed by atoms with Gasteiger partial charge in [-0.3, -0.25) is 4.79 Å². The number of hydrogen-bond donors (Lipinski definition) is 0. The Morgan fingerprint density at radius 1 is 1.16 bits per heavy atom. The molecule has 6 nitrogen and oxygen atoms in total. The van der Waals surface area contributed by atoms with Crippen molar-refractivity contribution in [1.29, 1.82) is 0 Å². The highest BCUT2D eigenvalue weighted by Crippen LogP contribution is 2.36. The van der Waals surface area contributed by atoms with E-state index < -0.39 is 39.1 Å². The molecule has 174 valence electrons. The molecule has 1 heterocycles. The number of hydrogen-bond acceptors (Lipinski definition) is 4. The maximum atomic E-state index is 13.5. The van der Waals surface area contributed by atoms with Crippen LogP contribution in [0.3, 0.4) is 0 Å². The Morgan fingerprint density at radius 2 is 1.81 bits per heavy atom. The van der Waals surface area contributed by atoms with Crippen LogP contribution in [0, 0.1) is 0 Å². The summed E-state index contributed by atoms with van der Waals surface area (Å²) >= 11 is 0. The van der Waals surface area contributed by atoms with Crippen LogP contribution in [0.1, 0.15) is 24.5 Å². The number of fused-ring (bicyclic) bond motifs is 1. The summed E-state index contributed by atoms with van der Waals surface area (Å²) in [5.41, 5.74) is 0.392. The molecule has 0 bridgehead atoms. The van der Waals surface area contributed by atoms with Crippen LogP contribution in [0.25, 0.3) is 0 Å². The fourth-order valence-corrected chi connectivity index (χ4v) is 5.55. The fraction of sp³-hybridized carbons (Fsp3) is 0.409. The van der Waals surface area contributed by atoms with Gasteiger partial charge in [0.2, 0.25) is 15.9 Å². The first-order chi connectivity index (χ1) is 15.1. The molecule has 0 radical (unpaired) electrons. The van der Waals surface area contributed by atoms with E-state index >= 15 is 0 Å². The summed E-state index contributed by atoms with van der Waals surface area (Å²) in [5, 5.41) is 0. The molecule has 0 aliphatic carbocycles. The van der Waals surface area contributed by atoms with E-state index in [9.17, 15) is 26.4 Å². The summed E-state index contributed by atoms with van der Waals surface area (Å²) in [7, 11) is -3.17. The van der Waals surface area contributed by atoms with E-state index in [0.29, 0.717) is 12.1 Å². The van der Waals surface area contributed by atoms with Crippen LogP contribution in [0.4, 0.5) is 18.9 Å². The molecule has 1 aliphatic rings. The number of sulfonamides is 1. The van der Waals surface area contributed by atoms with Gasteiger partial charge in [0.05, 0.1) is 17.0 Å². The number of methoxy groups -OCH3 is 1. The van der Waals surface area contributed by atoms with Gasteiger partial charge in [-0.2, -0.15) is 17.5 Å². The lowest BCUT2D eigenvalue weighted by Crippen LogP contribution is -2.45. The minimum absolute atomic E-state index is 0.155. The molecule has 32 heavy (non-hydrogen) atoms. The van der Waals surface area contributed by atoms with Crippen molar-refractivity contribution in [3.63, 3.8) is 0 Å². The number of carbonyl (C=O) groups is 1. The molecule has 2 aromatic carbocycles. The number of para-hydroxylation sites is 1. The highest BCUT2D eigenvalue weighted by Gasteiger charge is 2.40. The van der Waals surface area contributed by atoms with Crippen molar-refractivity contribution in [3.8, 4) is 0 Å². The van der Waals surface area contributed by atoms with E-state index in [-0.39, 0.29) is 25.6 Å². The Bertz CT molecular complexity index is 1070. The standard InChI is InChI=1S/C22H25F3N2O4S/c1-16-14-17-8-3-5-10-19(17)27(16)21(28)15-26(12-7-13-31-2)32(29,30)20-11-6-4-9-18(20)22(23,24)25/h3-6,8-11,16H,7,12-15H2,1-2H3/t16-/m0/s1. The van der Waals surface area contributed by atoms with Gasteiger partial charge in [-0.15, -0.1) is 0 Å². The van der Waals surface area contributed by atoms with Gasteiger partial charge in [0.15, 0.2) is 0 Å². The van der Waals surface area contributed by atoms with Crippen molar-refractivity contribution in [1.82, 2.24) is 4.31 Å². The number of halogens is 3. The summed E-state index contributed by atoms with van der Waals surface area (Å²) in [4.78, 5) is 13.8. The summed E-state index contributed by atoms with van der Waals surface area (Å²) in [5.74, 6) is -0.493. The van der Waals surface area contributed by atoms with Gasteiger partial charge in [-0.25, -0.2) is 8.42 Å². The number of rotatable bonds is 8. The molecule has 0 aromatic heterocycles. The molecule has 0 N–H and O–H groups in total. The van der Waals surface area contributed by atoms with Crippen LogP contribution < -0.4 is 4.90 Å². The summed E-state index contributed by atoms with van der Waals surface area (Å²) < 4.78 is 72.8. The minimum Gasteiger partial charge on any atom is -0.385 e. The van der Waals surface area contributed by atoms with Crippen LogP contribution in [0.15, 0.2) is 53.4 Å². The molecular formula is C22H25F3N2O4S. The lowest BCUT2D eigenvalue weighted by atomic mass is 10.1. The Labute approximate surface area is 185 Å². The number of anilines is 1. The van der Waals surface area contributed by atoms with Crippen LogP contribution in [-0.4, -0.2) is 51.5 Å². The summed E-state index contributed by atoms with van der Waals surface area (Å²) in [6.07, 6.45) is -4.01. The van der Waals surface area contributed by atoms with Gasteiger partial charge in [-0.05, 0) is 43.5 Å². The Morgan fingerprint density at radius 3 is 2.50 bits per heavy atom. The third-order valence-corrected chi connectivity index (χ3v) is 7.26. The molecule has 2 aromatic rings. The van der Waals surface area contributed by atoms with E-state index in [4.69, 9.17) is 4.74 Å². The van der Waals surface area contributed by atoms with E-state index in [1.807, 2.05) is 19.1 Å². The van der Waals surface area contributed by atoms with Gasteiger partial charge < -0.3 is 9.64 Å². The smallest absolute Gasteiger partial charge is 0.385 e. The van der Waals surface area contributed by atoms with Crippen molar-refractivity contribution >= 4 is 21.6 Å². The van der Waals surface area contributed by atoms with E-state index in [0.717, 1.165) is 28.1 Å². The highest BCUT2D eigenvalue weighted by atomic mass is 32.2. The predicted octanol–water partition coefficient (Wildman–Crippen LogP) is 3.71. The summed E-state index contributed by atoms with van der Waals surface area (Å²) in [6, 6.07) is 11.1. The maximum absolute atomic E-state index is 13.5. The van der Waals surface area contributed by atoms with Crippen molar-refractivity contribution < 1.29 is 31.1 Å². The third kappa shape index (κ3) is 4.97.